The molecular weight excluding hydrogens is 308 g/mol. The van der Waals surface area contributed by atoms with E-state index in [2.05, 4.69) is 25.5 Å². The van der Waals surface area contributed by atoms with E-state index in [0.717, 1.165) is 20.8 Å². The van der Waals surface area contributed by atoms with Crippen molar-refractivity contribution in [1.29, 1.82) is 0 Å². The van der Waals surface area contributed by atoms with Crippen LogP contribution in [0, 0.1) is 0 Å². The number of aromatic nitrogens is 2. The van der Waals surface area contributed by atoms with Gasteiger partial charge in [-0.2, -0.15) is 0 Å². The quantitative estimate of drug-likeness (QED) is 0.812. The zero-order chi connectivity index (χ0) is 11.5. The van der Waals surface area contributed by atoms with Crippen molar-refractivity contribution < 1.29 is 4.79 Å². The summed E-state index contributed by atoms with van der Waals surface area (Å²) in [6.07, 6.45) is 1.19. The highest BCUT2D eigenvalue weighted by atomic mass is 79.9. The summed E-state index contributed by atoms with van der Waals surface area (Å²) < 4.78 is 4.88. The third-order valence-corrected chi connectivity index (χ3v) is 4.54. The van der Waals surface area contributed by atoms with E-state index < -0.39 is 0 Å². The van der Waals surface area contributed by atoms with E-state index in [4.69, 9.17) is 0 Å². The highest BCUT2D eigenvalue weighted by molar-refractivity contribution is 9.11. The topological polar surface area (TPSA) is 42.9 Å². The van der Waals surface area contributed by atoms with Crippen LogP contribution in [0.3, 0.4) is 0 Å². The van der Waals surface area contributed by atoms with E-state index in [1.54, 1.807) is 11.3 Å². The maximum atomic E-state index is 12.0. The molecule has 0 spiro atoms. The second-order valence-corrected chi connectivity index (χ2v) is 6.51. The Balaban J connectivity index is 2.14. The van der Waals surface area contributed by atoms with Crippen LogP contribution in [-0.4, -0.2) is 15.4 Å². The third-order valence-electron chi connectivity index (χ3n) is 2.11. The van der Waals surface area contributed by atoms with Gasteiger partial charge in [-0.1, -0.05) is 11.4 Å². The van der Waals surface area contributed by atoms with Crippen LogP contribution in [0.15, 0.2) is 15.9 Å². The van der Waals surface area contributed by atoms with Crippen LogP contribution >= 0.6 is 38.8 Å². The molecule has 84 valence electrons. The Morgan fingerprint density at radius 2 is 2.31 bits per heavy atom. The van der Waals surface area contributed by atoms with Gasteiger partial charge in [-0.25, -0.2) is 0 Å². The SMILES string of the molecule is CCc1nnsc1C(=O)Cc1ccc(Br)s1. The number of rotatable bonds is 4. The molecule has 0 saturated heterocycles. The van der Waals surface area contributed by atoms with Crippen LogP contribution in [0.5, 0.6) is 0 Å². The molecule has 0 aliphatic carbocycles. The summed E-state index contributed by atoms with van der Waals surface area (Å²) in [6, 6.07) is 3.92. The highest BCUT2D eigenvalue weighted by Crippen LogP contribution is 2.24. The van der Waals surface area contributed by atoms with Crippen LogP contribution in [-0.2, 0) is 12.8 Å². The second-order valence-electron chi connectivity index (χ2n) is 3.21. The van der Waals surface area contributed by atoms with Gasteiger partial charge in [-0.15, -0.1) is 16.4 Å². The predicted octanol–water partition coefficient (Wildman–Crippen LogP) is 3.35. The summed E-state index contributed by atoms with van der Waals surface area (Å²) in [6.45, 7) is 1.98. The molecule has 2 heterocycles. The molecule has 0 unspecified atom stereocenters. The van der Waals surface area contributed by atoms with E-state index in [-0.39, 0.29) is 5.78 Å². The molecule has 0 aromatic carbocycles. The van der Waals surface area contributed by atoms with Gasteiger partial charge in [0.25, 0.3) is 0 Å². The maximum absolute atomic E-state index is 12.0. The number of thiophene rings is 1. The molecule has 2 aromatic rings. The zero-order valence-corrected chi connectivity index (χ0v) is 11.8. The molecular formula is C10H9BrN2OS2. The average molecular weight is 317 g/mol. The summed E-state index contributed by atoms with van der Waals surface area (Å²) in [5, 5.41) is 3.94. The van der Waals surface area contributed by atoms with E-state index >= 15 is 0 Å². The number of carbonyl (C=O) groups is 1. The molecule has 16 heavy (non-hydrogen) atoms. The van der Waals surface area contributed by atoms with E-state index in [0.29, 0.717) is 11.3 Å². The van der Waals surface area contributed by atoms with Crippen LogP contribution in [0.25, 0.3) is 0 Å². The van der Waals surface area contributed by atoms with Crippen molar-refractivity contribution in [2.75, 3.05) is 0 Å². The monoisotopic (exact) mass is 316 g/mol. The minimum Gasteiger partial charge on any atom is -0.293 e. The van der Waals surface area contributed by atoms with Gasteiger partial charge in [0.1, 0.15) is 4.88 Å². The van der Waals surface area contributed by atoms with Gasteiger partial charge in [-0.3, -0.25) is 4.79 Å². The van der Waals surface area contributed by atoms with Crippen molar-refractivity contribution in [1.82, 2.24) is 9.59 Å². The zero-order valence-electron chi connectivity index (χ0n) is 8.57. The Kier molecular flexibility index (Phi) is 3.83. The van der Waals surface area contributed by atoms with Crippen molar-refractivity contribution in [2.45, 2.75) is 19.8 Å². The number of aryl methyl sites for hydroxylation is 1. The Morgan fingerprint density at radius 1 is 1.50 bits per heavy atom. The molecule has 6 heteroatoms. The summed E-state index contributed by atoms with van der Waals surface area (Å²) in [7, 11) is 0. The number of nitrogens with zero attached hydrogens (tertiary/aromatic N) is 2. The van der Waals surface area contributed by atoms with Gasteiger partial charge < -0.3 is 0 Å². The van der Waals surface area contributed by atoms with Gasteiger partial charge in [0.05, 0.1) is 9.48 Å². The van der Waals surface area contributed by atoms with Crippen molar-refractivity contribution >= 4 is 44.6 Å². The Hall–Kier alpha value is -0.590. The largest absolute Gasteiger partial charge is 0.293 e. The fourth-order valence-corrected chi connectivity index (χ4v) is 3.50. The molecule has 0 atom stereocenters. The first-order valence-corrected chi connectivity index (χ1v) is 7.17. The Labute approximate surface area is 110 Å². The van der Waals surface area contributed by atoms with Crippen LogP contribution in [0.4, 0.5) is 0 Å². The molecule has 3 nitrogen and oxygen atoms in total. The minimum atomic E-state index is 0.112. The lowest BCUT2D eigenvalue weighted by molar-refractivity contribution is 0.0996. The molecule has 0 saturated carbocycles. The third kappa shape index (κ3) is 2.56. The number of ketones is 1. The second kappa shape index (κ2) is 5.16. The first kappa shape index (κ1) is 11.9. The minimum absolute atomic E-state index is 0.112. The lowest BCUT2D eigenvalue weighted by Crippen LogP contribution is -2.03. The summed E-state index contributed by atoms with van der Waals surface area (Å²) in [4.78, 5) is 13.7. The lowest BCUT2D eigenvalue weighted by atomic mass is 10.1. The van der Waals surface area contributed by atoms with Crippen LogP contribution in [0.1, 0.15) is 27.2 Å². The van der Waals surface area contributed by atoms with Gasteiger partial charge in [0.2, 0.25) is 0 Å². The molecule has 0 fully saturated rings. The number of halogens is 1. The lowest BCUT2D eigenvalue weighted by Gasteiger charge is -1.96. The first-order valence-electron chi connectivity index (χ1n) is 4.79. The van der Waals surface area contributed by atoms with E-state index in [1.807, 2.05) is 19.1 Å². The maximum Gasteiger partial charge on any atom is 0.181 e. The molecule has 0 N–H and O–H groups in total. The van der Waals surface area contributed by atoms with E-state index in [9.17, 15) is 4.79 Å². The molecule has 0 amide bonds. The number of hydrogen-bond donors (Lipinski definition) is 0. The van der Waals surface area contributed by atoms with Crippen LogP contribution < -0.4 is 0 Å². The van der Waals surface area contributed by atoms with Crippen molar-refractivity contribution in [2.24, 2.45) is 0 Å². The molecule has 2 rings (SSSR count). The molecule has 2 aromatic heterocycles. The molecule has 0 aliphatic rings. The van der Waals surface area contributed by atoms with Gasteiger partial charge in [0, 0.05) is 11.3 Å². The fraction of sp³-hybridized carbons (Fsp3) is 0.300. The number of carbonyl (C=O) groups excluding carboxylic acids is 1. The fourth-order valence-electron chi connectivity index (χ4n) is 1.34. The van der Waals surface area contributed by atoms with Crippen molar-refractivity contribution in [3.8, 4) is 0 Å². The summed E-state index contributed by atoms with van der Waals surface area (Å²) >= 11 is 6.16. The van der Waals surface area contributed by atoms with Crippen molar-refractivity contribution in [3.63, 3.8) is 0 Å². The molecule has 0 bridgehead atoms. The predicted molar refractivity (Wildman–Crippen MR) is 69.3 cm³/mol. The average Bonchev–Trinajstić information content (AvgIpc) is 2.86. The van der Waals surface area contributed by atoms with Crippen molar-refractivity contribution in [3.05, 3.63) is 31.4 Å². The molecule has 0 radical (unpaired) electrons. The van der Waals surface area contributed by atoms with Gasteiger partial charge in [-0.05, 0) is 46.0 Å². The Morgan fingerprint density at radius 3 is 2.94 bits per heavy atom. The smallest absolute Gasteiger partial charge is 0.181 e. The van der Waals surface area contributed by atoms with Gasteiger partial charge >= 0.3 is 0 Å². The van der Waals surface area contributed by atoms with Crippen LogP contribution in [0.2, 0.25) is 0 Å². The standard InChI is InChI=1S/C10H9BrN2OS2/c1-2-7-10(16-13-12-7)8(14)5-6-3-4-9(11)15-6/h3-4H,2,5H2,1H3. The normalized spacial score (nSPS) is 10.6. The number of hydrogen-bond acceptors (Lipinski definition) is 5. The summed E-state index contributed by atoms with van der Waals surface area (Å²) in [5.41, 5.74) is 0.811. The van der Waals surface area contributed by atoms with E-state index in [1.165, 1.54) is 11.5 Å². The first-order chi connectivity index (χ1) is 7.70. The number of Topliss-reactive ketones (excluding diaryl/α,β-unsaturated/α-hetero) is 1. The van der Waals surface area contributed by atoms with Gasteiger partial charge in [0.15, 0.2) is 5.78 Å². The summed E-state index contributed by atoms with van der Waals surface area (Å²) in [5.74, 6) is 0.112. The molecule has 0 aliphatic heterocycles. The Bertz CT molecular complexity index is 506. The highest BCUT2D eigenvalue weighted by Gasteiger charge is 2.15.